The molecule has 8 heteroatoms. The van der Waals surface area contributed by atoms with Crippen LogP contribution in [0.5, 0.6) is 5.75 Å². The van der Waals surface area contributed by atoms with Crippen LogP contribution in [-0.4, -0.2) is 44.1 Å². The van der Waals surface area contributed by atoms with E-state index in [1.165, 1.54) is 11.0 Å². The van der Waals surface area contributed by atoms with Crippen molar-refractivity contribution >= 4 is 23.5 Å². The number of hydrogen-bond donors (Lipinski definition) is 1. The van der Waals surface area contributed by atoms with Crippen LogP contribution in [0.15, 0.2) is 48.5 Å². The Morgan fingerprint density at radius 1 is 1.14 bits per heavy atom. The fraction of sp³-hybridized carbons (Fsp3) is 0.286. The van der Waals surface area contributed by atoms with Crippen LogP contribution in [0.25, 0.3) is 0 Å². The van der Waals surface area contributed by atoms with Gasteiger partial charge in [-0.3, -0.25) is 14.4 Å². The molecule has 0 aromatic heterocycles. The van der Waals surface area contributed by atoms with Crippen molar-refractivity contribution in [3.63, 3.8) is 0 Å². The first-order valence-corrected chi connectivity index (χ1v) is 9.22. The van der Waals surface area contributed by atoms with Crippen molar-refractivity contribution < 1.29 is 28.2 Å². The van der Waals surface area contributed by atoms with Crippen molar-refractivity contribution in [2.45, 2.75) is 12.8 Å². The summed E-state index contributed by atoms with van der Waals surface area (Å²) in [5, 5.41) is 2.58. The van der Waals surface area contributed by atoms with E-state index in [9.17, 15) is 18.8 Å². The maximum atomic E-state index is 13.5. The SMILES string of the molecule is O=C(COC(=O)CCN1C(=O)COc2ccccc21)NCCc1ccccc1F. The normalized spacial score (nSPS) is 12.7. The van der Waals surface area contributed by atoms with Gasteiger partial charge in [-0.2, -0.15) is 0 Å². The van der Waals surface area contributed by atoms with E-state index in [2.05, 4.69) is 5.32 Å². The third kappa shape index (κ3) is 5.54. The van der Waals surface area contributed by atoms with Crippen molar-refractivity contribution in [1.82, 2.24) is 5.32 Å². The number of nitrogens with one attached hydrogen (secondary N) is 1. The van der Waals surface area contributed by atoms with Crippen molar-refractivity contribution in [3.8, 4) is 5.75 Å². The molecule has 1 aliphatic heterocycles. The summed E-state index contributed by atoms with van der Waals surface area (Å²) in [5.41, 5.74) is 1.10. The number of halogens is 1. The molecule has 1 N–H and O–H groups in total. The first-order valence-electron chi connectivity index (χ1n) is 9.22. The number of anilines is 1. The van der Waals surface area contributed by atoms with Crippen molar-refractivity contribution in [2.75, 3.05) is 31.2 Å². The number of fused-ring (bicyclic) bond motifs is 1. The minimum absolute atomic E-state index is 0.0530. The predicted molar refractivity (Wildman–Crippen MR) is 103 cm³/mol. The minimum Gasteiger partial charge on any atom is -0.482 e. The highest BCUT2D eigenvalue weighted by Crippen LogP contribution is 2.31. The van der Waals surface area contributed by atoms with Gasteiger partial charge < -0.3 is 19.7 Å². The van der Waals surface area contributed by atoms with Crippen LogP contribution in [0.1, 0.15) is 12.0 Å². The van der Waals surface area contributed by atoms with Crippen LogP contribution in [0.4, 0.5) is 10.1 Å². The summed E-state index contributed by atoms with van der Waals surface area (Å²) in [5.74, 6) is -1.06. The molecule has 3 rings (SSSR count). The molecule has 7 nitrogen and oxygen atoms in total. The highest BCUT2D eigenvalue weighted by atomic mass is 19.1. The van der Waals surface area contributed by atoms with E-state index in [1.807, 2.05) is 0 Å². The van der Waals surface area contributed by atoms with Gasteiger partial charge in [0, 0.05) is 13.1 Å². The average molecular weight is 400 g/mol. The average Bonchev–Trinajstić information content (AvgIpc) is 2.73. The highest BCUT2D eigenvalue weighted by Gasteiger charge is 2.25. The monoisotopic (exact) mass is 400 g/mol. The number of ether oxygens (including phenoxy) is 2. The van der Waals surface area contributed by atoms with E-state index >= 15 is 0 Å². The van der Waals surface area contributed by atoms with E-state index in [-0.39, 0.29) is 37.8 Å². The van der Waals surface area contributed by atoms with E-state index < -0.39 is 18.5 Å². The van der Waals surface area contributed by atoms with E-state index in [0.717, 1.165) is 0 Å². The number of hydrogen-bond acceptors (Lipinski definition) is 5. The Labute approximate surface area is 167 Å². The van der Waals surface area contributed by atoms with Crippen molar-refractivity contribution in [1.29, 1.82) is 0 Å². The zero-order chi connectivity index (χ0) is 20.6. The lowest BCUT2D eigenvalue weighted by Gasteiger charge is -2.28. The second-order valence-corrected chi connectivity index (χ2v) is 6.40. The summed E-state index contributed by atoms with van der Waals surface area (Å²) < 4.78 is 23.8. The maximum Gasteiger partial charge on any atom is 0.308 e. The molecular weight excluding hydrogens is 379 g/mol. The smallest absolute Gasteiger partial charge is 0.308 e. The van der Waals surface area contributed by atoms with Gasteiger partial charge in [0.1, 0.15) is 11.6 Å². The number of benzene rings is 2. The minimum atomic E-state index is -0.592. The molecule has 2 amide bonds. The van der Waals surface area contributed by atoms with E-state index in [1.54, 1.807) is 42.5 Å². The van der Waals surface area contributed by atoms with Gasteiger partial charge in [0.15, 0.2) is 13.2 Å². The summed E-state index contributed by atoms with van der Waals surface area (Å²) in [6, 6.07) is 13.4. The largest absolute Gasteiger partial charge is 0.482 e. The van der Waals surface area contributed by atoms with Gasteiger partial charge in [0.2, 0.25) is 0 Å². The molecule has 1 aliphatic rings. The Balaban J connectivity index is 1.38. The standard InChI is InChI=1S/C21H21FN2O5/c22-16-6-2-1-5-15(16)9-11-23-19(25)13-29-21(27)10-12-24-17-7-3-4-8-18(17)28-14-20(24)26/h1-8H,9-14H2,(H,23,25). The molecule has 0 bridgehead atoms. The highest BCUT2D eigenvalue weighted by molar-refractivity contribution is 5.98. The topological polar surface area (TPSA) is 84.9 Å². The Kier molecular flexibility index (Phi) is 6.78. The van der Waals surface area contributed by atoms with Crippen LogP contribution in [-0.2, 0) is 25.5 Å². The summed E-state index contributed by atoms with van der Waals surface area (Å²) in [4.78, 5) is 37.2. The summed E-state index contributed by atoms with van der Waals surface area (Å²) in [6.07, 6.45) is 0.285. The molecule has 29 heavy (non-hydrogen) atoms. The fourth-order valence-electron chi connectivity index (χ4n) is 2.91. The lowest BCUT2D eigenvalue weighted by atomic mass is 10.1. The lowest BCUT2D eigenvalue weighted by molar-refractivity contribution is -0.148. The Morgan fingerprint density at radius 2 is 1.90 bits per heavy atom. The molecule has 0 atom stereocenters. The van der Waals surface area contributed by atoms with E-state index in [4.69, 9.17) is 9.47 Å². The van der Waals surface area contributed by atoms with E-state index in [0.29, 0.717) is 23.4 Å². The summed E-state index contributed by atoms with van der Waals surface area (Å²) in [7, 11) is 0. The van der Waals surface area contributed by atoms with Gasteiger partial charge in [-0.25, -0.2) is 4.39 Å². The Morgan fingerprint density at radius 3 is 2.72 bits per heavy atom. The number of carbonyl (C=O) groups is 3. The number of esters is 1. The number of carbonyl (C=O) groups excluding carboxylic acids is 3. The molecule has 0 fully saturated rings. The first kappa shape index (κ1) is 20.3. The van der Waals surface area contributed by atoms with Crippen LogP contribution in [0, 0.1) is 5.82 Å². The quantitative estimate of drug-likeness (QED) is 0.684. The summed E-state index contributed by atoms with van der Waals surface area (Å²) >= 11 is 0. The number of nitrogens with zero attached hydrogens (tertiary/aromatic N) is 1. The van der Waals surface area contributed by atoms with Gasteiger partial charge in [0.05, 0.1) is 12.1 Å². The Hall–Kier alpha value is -3.42. The van der Waals surface area contributed by atoms with Crippen LogP contribution < -0.4 is 15.0 Å². The molecule has 0 aliphatic carbocycles. The van der Waals surface area contributed by atoms with Crippen LogP contribution >= 0.6 is 0 Å². The fourth-order valence-corrected chi connectivity index (χ4v) is 2.91. The third-order valence-corrected chi connectivity index (χ3v) is 4.39. The number of amides is 2. The number of para-hydroxylation sites is 2. The molecule has 0 saturated heterocycles. The third-order valence-electron chi connectivity index (χ3n) is 4.39. The molecule has 152 valence electrons. The second-order valence-electron chi connectivity index (χ2n) is 6.40. The van der Waals surface area contributed by atoms with Gasteiger partial charge in [0.25, 0.3) is 11.8 Å². The first-order chi connectivity index (χ1) is 14.0. The van der Waals surface area contributed by atoms with Crippen molar-refractivity contribution in [3.05, 3.63) is 59.9 Å². The second kappa shape index (κ2) is 9.68. The zero-order valence-electron chi connectivity index (χ0n) is 15.7. The molecule has 0 saturated carbocycles. The molecule has 0 spiro atoms. The molecule has 0 unspecified atom stereocenters. The predicted octanol–water partition coefficient (Wildman–Crippen LogP) is 1.84. The zero-order valence-corrected chi connectivity index (χ0v) is 15.7. The summed E-state index contributed by atoms with van der Waals surface area (Å²) in [6.45, 7) is -0.149. The maximum absolute atomic E-state index is 13.5. The van der Waals surface area contributed by atoms with Crippen molar-refractivity contribution in [2.24, 2.45) is 0 Å². The van der Waals surface area contributed by atoms with Crippen LogP contribution in [0.3, 0.4) is 0 Å². The van der Waals surface area contributed by atoms with Gasteiger partial charge >= 0.3 is 5.97 Å². The molecule has 2 aromatic rings. The molecular formula is C21H21FN2O5. The molecule has 0 radical (unpaired) electrons. The molecule has 1 heterocycles. The number of rotatable bonds is 8. The van der Waals surface area contributed by atoms with Gasteiger partial charge in [-0.1, -0.05) is 30.3 Å². The van der Waals surface area contributed by atoms with Crippen LogP contribution in [0.2, 0.25) is 0 Å². The van der Waals surface area contributed by atoms with Gasteiger partial charge in [-0.15, -0.1) is 0 Å². The Bertz CT molecular complexity index is 902. The lowest BCUT2D eigenvalue weighted by Crippen LogP contribution is -2.40. The molecule has 2 aromatic carbocycles. The van der Waals surface area contributed by atoms with Gasteiger partial charge in [-0.05, 0) is 30.2 Å².